The molecule has 7 nitrogen and oxygen atoms in total. The third-order valence-corrected chi connectivity index (χ3v) is 4.49. The van der Waals surface area contributed by atoms with Crippen LogP contribution in [0.2, 0.25) is 0 Å². The molecular weight excluding hydrogens is 342 g/mol. The van der Waals surface area contributed by atoms with Crippen LogP contribution < -0.4 is 19.8 Å². The molecule has 0 amide bonds. The molecule has 130 valence electrons. The number of nitrogens with zero attached hydrogens (tertiary/aromatic N) is 3. The lowest BCUT2D eigenvalue weighted by Crippen LogP contribution is -2.19. The highest BCUT2D eigenvalue weighted by atomic mass is 32.1. The quantitative estimate of drug-likeness (QED) is 0.655. The number of fused-ring (bicyclic) bond motifs is 1. The van der Waals surface area contributed by atoms with Gasteiger partial charge in [0.1, 0.15) is 10.7 Å². The Morgan fingerprint density at radius 2 is 1.88 bits per heavy atom. The summed E-state index contributed by atoms with van der Waals surface area (Å²) in [7, 11) is 4.62. The maximum Gasteiger partial charge on any atom is 0.282 e. The number of thiophene rings is 1. The van der Waals surface area contributed by atoms with Crippen LogP contribution in [0.1, 0.15) is 11.4 Å². The minimum absolute atomic E-state index is 0.209. The van der Waals surface area contributed by atoms with E-state index in [2.05, 4.69) is 10.1 Å². The van der Waals surface area contributed by atoms with Gasteiger partial charge >= 0.3 is 0 Å². The van der Waals surface area contributed by atoms with E-state index in [-0.39, 0.29) is 5.56 Å². The molecule has 0 unspecified atom stereocenters. The van der Waals surface area contributed by atoms with Crippen LogP contribution in [0.5, 0.6) is 17.2 Å². The molecular formula is C17H17N3O4S. The zero-order valence-corrected chi connectivity index (χ0v) is 15.1. The largest absolute Gasteiger partial charge is 0.493 e. The van der Waals surface area contributed by atoms with Crippen molar-refractivity contribution < 1.29 is 14.2 Å². The van der Waals surface area contributed by atoms with Crippen LogP contribution in [0.4, 0.5) is 0 Å². The third kappa shape index (κ3) is 2.96. The van der Waals surface area contributed by atoms with Crippen molar-refractivity contribution in [3.8, 4) is 17.2 Å². The molecule has 1 aromatic carbocycles. The lowest BCUT2D eigenvalue weighted by Gasteiger charge is -2.13. The third-order valence-electron chi connectivity index (χ3n) is 3.68. The number of rotatable bonds is 5. The van der Waals surface area contributed by atoms with Crippen LogP contribution in [0.15, 0.2) is 33.5 Å². The lowest BCUT2D eigenvalue weighted by molar-refractivity contribution is 0.324. The highest BCUT2D eigenvalue weighted by Gasteiger charge is 2.15. The second-order valence-corrected chi connectivity index (χ2v) is 5.98. The van der Waals surface area contributed by atoms with Gasteiger partial charge in [-0.3, -0.25) is 4.79 Å². The van der Waals surface area contributed by atoms with Crippen molar-refractivity contribution in [3.63, 3.8) is 0 Å². The van der Waals surface area contributed by atoms with E-state index < -0.39 is 0 Å². The molecule has 0 fully saturated rings. The predicted octanol–water partition coefficient (Wildman–Crippen LogP) is 2.67. The van der Waals surface area contributed by atoms with Gasteiger partial charge in [-0.15, -0.1) is 11.3 Å². The van der Waals surface area contributed by atoms with Crippen molar-refractivity contribution >= 4 is 27.8 Å². The molecule has 2 aromatic heterocycles. The second kappa shape index (κ2) is 6.94. The molecule has 2 heterocycles. The van der Waals surface area contributed by atoms with Gasteiger partial charge in [-0.25, -0.2) is 4.98 Å². The summed E-state index contributed by atoms with van der Waals surface area (Å²) in [5, 5.41) is 6.68. The zero-order valence-electron chi connectivity index (χ0n) is 14.3. The second-order valence-electron chi connectivity index (χ2n) is 5.08. The fourth-order valence-electron chi connectivity index (χ4n) is 2.49. The Kier molecular flexibility index (Phi) is 4.71. The Morgan fingerprint density at radius 1 is 1.12 bits per heavy atom. The summed E-state index contributed by atoms with van der Waals surface area (Å²) in [6, 6.07) is 5.27. The first-order valence-electron chi connectivity index (χ1n) is 7.41. The Morgan fingerprint density at radius 3 is 2.56 bits per heavy atom. The van der Waals surface area contributed by atoms with Crippen molar-refractivity contribution in [2.45, 2.75) is 6.92 Å². The SMILES string of the molecule is COc1ccc(/C=N\n2c(C)nc3sccc3c2=O)c(OC)c1OC. The van der Waals surface area contributed by atoms with Gasteiger partial charge in [-0.2, -0.15) is 9.78 Å². The summed E-state index contributed by atoms with van der Waals surface area (Å²) >= 11 is 1.43. The summed E-state index contributed by atoms with van der Waals surface area (Å²) in [5.41, 5.74) is 0.441. The van der Waals surface area contributed by atoms with Crippen LogP contribution in [-0.2, 0) is 0 Å². The van der Waals surface area contributed by atoms with E-state index in [0.29, 0.717) is 38.9 Å². The molecule has 0 atom stereocenters. The van der Waals surface area contributed by atoms with Gasteiger partial charge in [0.2, 0.25) is 5.75 Å². The average Bonchev–Trinajstić information content (AvgIpc) is 3.09. The number of benzene rings is 1. The van der Waals surface area contributed by atoms with E-state index >= 15 is 0 Å². The lowest BCUT2D eigenvalue weighted by atomic mass is 10.2. The first-order valence-corrected chi connectivity index (χ1v) is 8.28. The predicted molar refractivity (Wildman–Crippen MR) is 97.7 cm³/mol. The van der Waals surface area contributed by atoms with Crippen molar-refractivity contribution in [1.29, 1.82) is 0 Å². The van der Waals surface area contributed by atoms with Gasteiger partial charge in [-0.05, 0) is 30.5 Å². The highest BCUT2D eigenvalue weighted by molar-refractivity contribution is 7.16. The Labute approximate surface area is 148 Å². The molecule has 0 spiro atoms. The Balaban J connectivity index is 2.10. The van der Waals surface area contributed by atoms with Crippen LogP contribution in [-0.4, -0.2) is 37.2 Å². The molecule has 0 bridgehead atoms. The minimum atomic E-state index is -0.209. The molecule has 0 N–H and O–H groups in total. The number of ether oxygens (including phenoxy) is 3. The fourth-order valence-corrected chi connectivity index (χ4v) is 3.29. The number of hydrogen-bond donors (Lipinski definition) is 0. The molecule has 0 saturated carbocycles. The maximum absolute atomic E-state index is 12.5. The van der Waals surface area contributed by atoms with Gasteiger partial charge in [0, 0.05) is 5.56 Å². The van der Waals surface area contributed by atoms with Gasteiger partial charge in [0.05, 0.1) is 32.9 Å². The molecule has 3 rings (SSSR count). The molecule has 8 heteroatoms. The summed E-state index contributed by atoms with van der Waals surface area (Å²) in [6.07, 6.45) is 1.54. The van der Waals surface area contributed by atoms with Gasteiger partial charge in [-0.1, -0.05) is 0 Å². The van der Waals surface area contributed by atoms with Crippen molar-refractivity contribution in [1.82, 2.24) is 9.66 Å². The fraction of sp³-hybridized carbons (Fsp3) is 0.235. The van der Waals surface area contributed by atoms with Crippen molar-refractivity contribution in [2.75, 3.05) is 21.3 Å². The number of aryl methyl sites for hydroxylation is 1. The number of methoxy groups -OCH3 is 3. The molecule has 3 aromatic rings. The van der Waals surface area contributed by atoms with E-state index in [0.717, 1.165) is 0 Å². The number of hydrogen-bond acceptors (Lipinski definition) is 7. The monoisotopic (exact) mass is 359 g/mol. The van der Waals surface area contributed by atoms with E-state index in [1.165, 1.54) is 36.4 Å². The summed E-state index contributed by atoms with van der Waals surface area (Å²) in [6.45, 7) is 1.74. The summed E-state index contributed by atoms with van der Waals surface area (Å²) in [5.74, 6) is 1.99. The van der Waals surface area contributed by atoms with E-state index in [4.69, 9.17) is 14.2 Å². The summed E-state index contributed by atoms with van der Waals surface area (Å²) in [4.78, 5) is 17.7. The van der Waals surface area contributed by atoms with Crippen LogP contribution >= 0.6 is 11.3 Å². The van der Waals surface area contributed by atoms with Crippen molar-refractivity contribution in [3.05, 3.63) is 45.3 Å². The zero-order chi connectivity index (χ0) is 18.0. The highest BCUT2D eigenvalue weighted by Crippen LogP contribution is 2.39. The molecule has 0 aliphatic heterocycles. The van der Waals surface area contributed by atoms with Gasteiger partial charge in [0.25, 0.3) is 5.56 Å². The molecule has 25 heavy (non-hydrogen) atoms. The smallest absolute Gasteiger partial charge is 0.282 e. The van der Waals surface area contributed by atoms with Gasteiger partial charge in [0.15, 0.2) is 11.5 Å². The Bertz CT molecular complexity index is 1010. The molecule has 0 aliphatic carbocycles. The van der Waals surface area contributed by atoms with E-state index in [1.54, 1.807) is 32.2 Å². The van der Waals surface area contributed by atoms with Crippen LogP contribution in [0.3, 0.4) is 0 Å². The summed E-state index contributed by atoms with van der Waals surface area (Å²) < 4.78 is 17.3. The molecule has 0 radical (unpaired) electrons. The normalized spacial score (nSPS) is 11.2. The topological polar surface area (TPSA) is 74.9 Å². The first-order chi connectivity index (χ1) is 12.1. The standard InChI is InChI=1S/C17H17N3O4S/c1-10-19-16-12(7-8-25-16)17(21)20(10)18-9-11-5-6-13(22-2)15(24-4)14(11)23-3/h5-9H,1-4H3/b18-9-. The van der Waals surface area contributed by atoms with Crippen molar-refractivity contribution in [2.24, 2.45) is 5.10 Å². The van der Waals surface area contributed by atoms with Gasteiger partial charge < -0.3 is 14.2 Å². The molecule has 0 aliphatic rings. The van der Waals surface area contributed by atoms with E-state index in [9.17, 15) is 4.79 Å². The average molecular weight is 359 g/mol. The minimum Gasteiger partial charge on any atom is -0.493 e. The van der Waals surface area contributed by atoms with E-state index in [1.807, 2.05) is 5.38 Å². The Hall–Kier alpha value is -2.87. The van der Waals surface area contributed by atoms with Crippen LogP contribution in [0.25, 0.3) is 10.2 Å². The first kappa shape index (κ1) is 17.0. The number of aromatic nitrogens is 2. The van der Waals surface area contributed by atoms with Crippen LogP contribution in [0, 0.1) is 6.92 Å². The molecule has 0 saturated heterocycles. The maximum atomic E-state index is 12.5.